The van der Waals surface area contributed by atoms with Crippen LogP contribution >= 0.6 is 11.6 Å². The van der Waals surface area contributed by atoms with E-state index in [2.05, 4.69) is 0 Å². The number of anilines is 1. The Morgan fingerprint density at radius 2 is 1.65 bits per heavy atom. The number of ether oxygens (including phenoxy) is 1. The van der Waals surface area contributed by atoms with Crippen LogP contribution in [0.3, 0.4) is 0 Å². The van der Waals surface area contributed by atoms with Crippen molar-refractivity contribution in [1.29, 1.82) is 0 Å². The number of amides is 1. The first-order valence-corrected chi connectivity index (χ1v) is 9.75. The van der Waals surface area contributed by atoms with Crippen LogP contribution in [0.2, 0.25) is 5.02 Å². The fraction of sp³-hybridized carbons (Fsp3) is 0.0833. The number of hydrogen-bond acceptors (Lipinski definition) is 4. The summed E-state index contributed by atoms with van der Waals surface area (Å²) in [6, 6.07) is 17.3. The van der Waals surface area contributed by atoms with Crippen molar-refractivity contribution in [3.05, 3.63) is 100 Å². The Hall–Kier alpha value is -3.64. The molecule has 3 aromatic rings. The minimum atomic E-state index is -1.15. The van der Waals surface area contributed by atoms with Gasteiger partial charge in [0.2, 0.25) is 0 Å². The molecule has 0 aliphatic carbocycles. The minimum absolute atomic E-state index is 0.0908. The lowest BCUT2D eigenvalue weighted by atomic mass is 9.94. The Labute approximate surface area is 182 Å². The van der Waals surface area contributed by atoms with Crippen molar-refractivity contribution in [2.24, 2.45) is 0 Å². The Morgan fingerprint density at radius 1 is 1.00 bits per heavy atom. The van der Waals surface area contributed by atoms with Gasteiger partial charge in [-0.25, -0.2) is 4.39 Å². The summed E-state index contributed by atoms with van der Waals surface area (Å²) in [4.78, 5) is 27.2. The van der Waals surface area contributed by atoms with Gasteiger partial charge in [-0.1, -0.05) is 29.8 Å². The number of carbonyl (C=O) groups is 2. The number of carbonyl (C=O) groups excluding carboxylic acids is 2. The zero-order valence-electron chi connectivity index (χ0n) is 16.4. The van der Waals surface area contributed by atoms with E-state index < -0.39 is 29.3 Å². The number of ketones is 1. The number of aliphatic hydroxyl groups excluding tert-OH is 1. The average molecular weight is 438 g/mol. The Kier molecular flexibility index (Phi) is 5.48. The summed E-state index contributed by atoms with van der Waals surface area (Å²) >= 11 is 5.91. The molecule has 4 rings (SSSR count). The van der Waals surface area contributed by atoms with Gasteiger partial charge in [0.25, 0.3) is 11.7 Å². The van der Waals surface area contributed by atoms with Crippen LogP contribution in [0.1, 0.15) is 17.2 Å². The highest BCUT2D eigenvalue weighted by Crippen LogP contribution is 2.43. The van der Waals surface area contributed by atoms with Gasteiger partial charge in [0.05, 0.1) is 18.7 Å². The van der Waals surface area contributed by atoms with Crippen LogP contribution < -0.4 is 9.64 Å². The number of rotatable bonds is 4. The monoisotopic (exact) mass is 437 g/mol. The quantitative estimate of drug-likeness (QED) is 0.350. The van der Waals surface area contributed by atoms with Crippen LogP contribution in [0.4, 0.5) is 10.1 Å². The van der Waals surface area contributed by atoms with E-state index in [1.54, 1.807) is 42.5 Å². The van der Waals surface area contributed by atoms with Gasteiger partial charge in [0, 0.05) is 21.8 Å². The minimum Gasteiger partial charge on any atom is -0.507 e. The van der Waals surface area contributed by atoms with Crippen molar-refractivity contribution in [1.82, 2.24) is 0 Å². The number of methoxy groups -OCH3 is 1. The maximum absolute atomic E-state index is 14.8. The molecule has 1 N–H and O–H groups in total. The molecule has 1 amide bonds. The van der Waals surface area contributed by atoms with E-state index in [1.165, 1.54) is 42.3 Å². The van der Waals surface area contributed by atoms with E-state index in [-0.39, 0.29) is 11.1 Å². The van der Waals surface area contributed by atoms with Crippen LogP contribution in [0.15, 0.2) is 78.4 Å². The number of aliphatic hydroxyl groups is 1. The second-order valence-electron chi connectivity index (χ2n) is 6.90. The smallest absolute Gasteiger partial charge is 0.300 e. The van der Waals surface area contributed by atoms with Gasteiger partial charge in [-0.2, -0.15) is 0 Å². The first-order valence-electron chi connectivity index (χ1n) is 9.38. The number of halogens is 2. The van der Waals surface area contributed by atoms with E-state index in [4.69, 9.17) is 16.3 Å². The first kappa shape index (κ1) is 20.6. The van der Waals surface area contributed by atoms with Gasteiger partial charge in [0.15, 0.2) is 0 Å². The molecular weight excluding hydrogens is 421 g/mol. The van der Waals surface area contributed by atoms with Crippen LogP contribution in [-0.4, -0.2) is 23.9 Å². The summed E-state index contributed by atoms with van der Waals surface area (Å²) in [5.41, 5.74) is 0.547. The zero-order chi connectivity index (χ0) is 22.1. The summed E-state index contributed by atoms with van der Waals surface area (Å²) in [7, 11) is 1.51. The molecule has 0 bridgehead atoms. The Balaban J connectivity index is 1.94. The molecule has 0 spiro atoms. The maximum atomic E-state index is 14.8. The largest absolute Gasteiger partial charge is 0.507 e. The third-order valence-corrected chi connectivity index (χ3v) is 5.36. The molecule has 5 nitrogen and oxygen atoms in total. The van der Waals surface area contributed by atoms with Gasteiger partial charge in [-0.15, -0.1) is 0 Å². The first-order chi connectivity index (χ1) is 14.9. The molecule has 0 radical (unpaired) electrons. The van der Waals surface area contributed by atoms with Crippen molar-refractivity contribution >= 4 is 34.7 Å². The standard InChI is InChI=1S/C24H17ClFNO4/c1-31-17-12-10-16(11-13-17)27-21(18-4-2-3-5-19(18)26)20(23(29)24(27)30)22(28)14-6-8-15(25)9-7-14/h2-13,21,28H,1H3/b22-20+/t21-/m0/s1. The predicted octanol–water partition coefficient (Wildman–Crippen LogP) is 5.11. The molecule has 1 saturated heterocycles. The molecule has 31 heavy (non-hydrogen) atoms. The van der Waals surface area contributed by atoms with E-state index in [0.29, 0.717) is 22.0 Å². The molecule has 0 saturated carbocycles. The maximum Gasteiger partial charge on any atom is 0.300 e. The molecule has 1 atom stereocenters. The van der Waals surface area contributed by atoms with Gasteiger partial charge in [-0.05, 0) is 54.6 Å². The van der Waals surface area contributed by atoms with Crippen molar-refractivity contribution < 1.29 is 23.8 Å². The van der Waals surface area contributed by atoms with Gasteiger partial charge in [0.1, 0.15) is 17.3 Å². The molecule has 1 aliphatic heterocycles. The lowest BCUT2D eigenvalue weighted by molar-refractivity contribution is -0.132. The molecule has 1 aliphatic rings. The van der Waals surface area contributed by atoms with Gasteiger partial charge < -0.3 is 9.84 Å². The lowest BCUT2D eigenvalue weighted by Gasteiger charge is -2.25. The fourth-order valence-corrected chi connectivity index (χ4v) is 3.72. The fourth-order valence-electron chi connectivity index (χ4n) is 3.60. The SMILES string of the molecule is COc1ccc(N2C(=O)C(=O)/C(=C(/O)c3ccc(Cl)cc3)[C@@H]2c2ccccc2F)cc1. The molecular formula is C24H17ClFNO4. The van der Waals surface area contributed by atoms with Crippen molar-refractivity contribution in [3.8, 4) is 5.75 Å². The second-order valence-corrected chi connectivity index (χ2v) is 7.33. The molecule has 0 unspecified atom stereocenters. The van der Waals surface area contributed by atoms with Gasteiger partial charge >= 0.3 is 0 Å². The molecule has 1 fully saturated rings. The summed E-state index contributed by atoms with van der Waals surface area (Å²) in [5, 5.41) is 11.4. The molecule has 0 aromatic heterocycles. The van der Waals surface area contributed by atoms with E-state index >= 15 is 0 Å². The highest BCUT2D eigenvalue weighted by Gasteiger charge is 2.47. The van der Waals surface area contributed by atoms with E-state index in [9.17, 15) is 19.1 Å². The van der Waals surface area contributed by atoms with E-state index in [1.807, 2.05) is 0 Å². The van der Waals surface area contributed by atoms with E-state index in [0.717, 1.165) is 0 Å². The molecule has 3 aromatic carbocycles. The van der Waals surface area contributed by atoms with Crippen LogP contribution in [-0.2, 0) is 9.59 Å². The third kappa shape index (κ3) is 3.66. The normalized spacial score (nSPS) is 17.8. The van der Waals surface area contributed by atoms with Crippen molar-refractivity contribution in [2.75, 3.05) is 12.0 Å². The number of nitrogens with zero attached hydrogens (tertiary/aromatic N) is 1. The summed E-state index contributed by atoms with van der Waals surface area (Å²) in [6.07, 6.45) is 0. The highest BCUT2D eigenvalue weighted by molar-refractivity contribution is 6.51. The van der Waals surface area contributed by atoms with Crippen molar-refractivity contribution in [2.45, 2.75) is 6.04 Å². The Bertz CT molecular complexity index is 1190. The van der Waals surface area contributed by atoms with Crippen molar-refractivity contribution in [3.63, 3.8) is 0 Å². The molecule has 7 heteroatoms. The van der Waals surface area contributed by atoms with Crippen LogP contribution in [0, 0.1) is 5.82 Å². The Morgan fingerprint density at radius 3 is 2.26 bits per heavy atom. The highest BCUT2D eigenvalue weighted by atomic mass is 35.5. The number of benzene rings is 3. The number of hydrogen-bond donors (Lipinski definition) is 1. The topological polar surface area (TPSA) is 66.8 Å². The summed E-state index contributed by atoms with van der Waals surface area (Å²) < 4.78 is 20.0. The van der Waals surface area contributed by atoms with Crippen LogP contribution in [0.25, 0.3) is 5.76 Å². The summed E-state index contributed by atoms with van der Waals surface area (Å²) in [5.74, 6) is -2.22. The second kappa shape index (κ2) is 8.24. The lowest BCUT2D eigenvalue weighted by Crippen LogP contribution is -2.29. The number of Topliss-reactive ketones (excluding diaryl/α,β-unsaturated/α-hetero) is 1. The van der Waals surface area contributed by atoms with Crippen LogP contribution in [0.5, 0.6) is 5.75 Å². The molecule has 156 valence electrons. The summed E-state index contributed by atoms with van der Waals surface area (Å²) in [6.45, 7) is 0. The van der Waals surface area contributed by atoms with Gasteiger partial charge in [-0.3, -0.25) is 14.5 Å². The molecule has 1 heterocycles. The third-order valence-electron chi connectivity index (χ3n) is 5.11. The zero-order valence-corrected chi connectivity index (χ0v) is 17.1. The predicted molar refractivity (Wildman–Crippen MR) is 116 cm³/mol. The average Bonchev–Trinajstić information content (AvgIpc) is 3.04.